The minimum atomic E-state index is -4.33. The van der Waals surface area contributed by atoms with Crippen molar-refractivity contribution < 1.29 is 47.2 Å². The third-order valence-corrected chi connectivity index (χ3v) is 10.7. The van der Waals surface area contributed by atoms with Gasteiger partial charge in [-0.25, -0.2) is 29.5 Å². The lowest BCUT2D eigenvalue weighted by atomic mass is 10.1. The van der Waals surface area contributed by atoms with Crippen LogP contribution >= 0.6 is 25.8 Å². The van der Waals surface area contributed by atoms with E-state index in [0.717, 1.165) is 0 Å². The van der Waals surface area contributed by atoms with Crippen molar-refractivity contribution in [3.8, 4) is 0 Å². The van der Waals surface area contributed by atoms with Gasteiger partial charge in [0.25, 0.3) is 0 Å². The number of anilines is 2. The highest BCUT2D eigenvalue weighted by molar-refractivity contribution is 8.44. The van der Waals surface area contributed by atoms with E-state index in [1.807, 2.05) is 0 Å². The Labute approximate surface area is 257 Å². The summed E-state index contributed by atoms with van der Waals surface area (Å²) in [6, 6.07) is 1.58. The van der Waals surface area contributed by atoms with E-state index >= 15 is 0 Å². The van der Waals surface area contributed by atoms with Crippen molar-refractivity contribution in [3.63, 3.8) is 0 Å². The molecule has 2 unspecified atom stereocenters. The highest BCUT2D eigenvalue weighted by Crippen LogP contribution is 2.58. The molecule has 7 N–H and O–H groups in total. The number of nitrogen functional groups attached to an aromatic ring is 2. The van der Waals surface area contributed by atoms with Crippen LogP contribution in [-0.4, -0.2) is 99.5 Å². The molecule has 0 aromatic carbocycles. The van der Waals surface area contributed by atoms with Gasteiger partial charge in [0.15, 0.2) is 23.4 Å². The molecular formula is C21H25N9O10P2S2. The molecule has 0 amide bonds. The maximum atomic E-state index is 13.6. The molecule has 3 aliphatic heterocycles. The monoisotopic (exact) mass is 689 g/mol. The highest BCUT2D eigenvalue weighted by Gasteiger charge is 2.56. The average molecular weight is 690 g/mol. The number of aromatic nitrogens is 7. The van der Waals surface area contributed by atoms with E-state index in [9.17, 15) is 19.7 Å². The number of rotatable bonds is 2. The van der Waals surface area contributed by atoms with Gasteiger partial charge in [-0.1, -0.05) is 12.2 Å². The van der Waals surface area contributed by atoms with Gasteiger partial charge in [-0.05, 0) is 17.9 Å². The minimum absolute atomic E-state index is 0.102. The van der Waals surface area contributed by atoms with Crippen LogP contribution in [0.2, 0.25) is 0 Å². The molecule has 23 heteroatoms. The van der Waals surface area contributed by atoms with Crippen molar-refractivity contribution in [3.05, 3.63) is 31.2 Å². The normalized spacial score (nSPS) is 38.3. The van der Waals surface area contributed by atoms with Gasteiger partial charge in [0.05, 0.1) is 31.5 Å². The van der Waals surface area contributed by atoms with Crippen LogP contribution in [-0.2, 0) is 49.7 Å². The Morgan fingerprint density at radius 1 is 1.05 bits per heavy atom. The molecule has 4 aromatic heterocycles. The molecule has 9 atom stereocenters. The second kappa shape index (κ2) is 10.9. The number of fused-ring (bicyclic) bond motifs is 5. The van der Waals surface area contributed by atoms with Crippen molar-refractivity contribution in [1.82, 2.24) is 34.1 Å². The Morgan fingerprint density at radius 2 is 1.77 bits per heavy atom. The molecule has 0 aliphatic carbocycles. The number of ether oxygens (including phenoxy) is 2. The third kappa shape index (κ3) is 5.11. The zero-order valence-electron chi connectivity index (χ0n) is 22.2. The summed E-state index contributed by atoms with van der Waals surface area (Å²) in [6.45, 7) is -9.91. The zero-order valence-corrected chi connectivity index (χ0v) is 25.7. The van der Waals surface area contributed by atoms with E-state index in [1.54, 1.807) is 6.07 Å². The summed E-state index contributed by atoms with van der Waals surface area (Å²) in [5.74, 6) is 0.269. The summed E-state index contributed by atoms with van der Waals surface area (Å²) < 4.78 is 50.9. The second-order valence-corrected chi connectivity index (χ2v) is 15.8. The number of hydrogen-bond donors (Lipinski definition) is 6. The van der Waals surface area contributed by atoms with Gasteiger partial charge < -0.3 is 40.6 Å². The van der Waals surface area contributed by atoms with Crippen molar-refractivity contribution >= 4 is 71.4 Å². The van der Waals surface area contributed by atoms with Crippen LogP contribution in [0.3, 0.4) is 0 Å². The maximum absolute atomic E-state index is 13.6. The van der Waals surface area contributed by atoms with Crippen molar-refractivity contribution in [2.24, 2.45) is 0 Å². The van der Waals surface area contributed by atoms with E-state index < -0.39 is 75.8 Å². The number of nitrogens with zero attached hydrogens (tertiary/aromatic N) is 7. The second-order valence-electron chi connectivity index (χ2n) is 10.2. The van der Waals surface area contributed by atoms with E-state index in [2.05, 4.69) is 37.2 Å². The lowest BCUT2D eigenvalue weighted by molar-refractivity contribution is -0.103. The maximum Gasteiger partial charge on any atom is 0.386 e. The first-order chi connectivity index (χ1) is 20.9. The number of aliphatic hydroxyl groups is 2. The van der Waals surface area contributed by atoms with E-state index in [4.69, 9.17) is 50.8 Å². The number of hydrogen-bond acceptors (Lipinski definition) is 17. The molecular weight excluding hydrogens is 664 g/mol. The molecule has 2 bridgehead atoms. The Morgan fingerprint density at radius 3 is 2.57 bits per heavy atom. The summed E-state index contributed by atoms with van der Waals surface area (Å²) in [5, 5.41) is 23.5. The van der Waals surface area contributed by atoms with Crippen LogP contribution in [0.4, 0.5) is 11.6 Å². The molecule has 7 rings (SSSR count). The molecule has 0 radical (unpaired) electrons. The van der Waals surface area contributed by atoms with Gasteiger partial charge in [-0.15, -0.1) is 0 Å². The Hall–Kier alpha value is -2.36. The van der Waals surface area contributed by atoms with Crippen molar-refractivity contribution in [1.29, 1.82) is 0 Å². The topological polar surface area (TPSA) is 259 Å². The van der Waals surface area contributed by atoms with Gasteiger partial charge in [-0.2, -0.15) is 0 Å². The Kier molecular flexibility index (Phi) is 7.49. The van der Waals surface area contributed by atoms with Crippen LogP contribution in [0.15, 0.2) is 31.2 Å². The third-order valence-electron chi connectivity index (χ3n) is 7.51. The lowest BCUT2D eigenvalue weighted by Crippen LogP contribution is -2.48. The van der Waals surface area contributed by atoms with Gasteiger partial charge in [0.1, 0.15) is 60.2 Å². The van der Waals surface area contributed by atoms with Gasteiger partial charge in [0, 0.05) is 6.20 Å². The predicted octanol–water partition coefficient (Wildman–Crippen LogP) is -0.190. The summed E-state index contributed by atoms with van der Waals surface area (Å²) in [7, 11) is 0. The van der Waals surface area contributed by atoms with Gasteiger partial charge in [0.2, 0.25) is 0 Å². The van der Waals surface area contributed by atoms with Gasteiger partial charge >= 0.3 is 13.5 Å². The molecule has 3 fully saturated rings. The number of aliphatic hydroxyl groups excluding tert-OH is 1. The first kappa shape index (κ1) is 30.3. The number of imidazole rings is 1. The lowest BCUT2D eigenvalue weighted by Gasteiger charge is -2.33. The first-order valence-corrected chi connectivity index (χ1v) is 18.2. The molecule has 236 valence electrons. The fraction of sp³-hybridized carbons (Fsp3) is 0.476. The van der Waals surface area contributed by atoms with E-state index in [1.165, 1.54) is 34.3 Å². The SMILES string of the molecule is Nc1ncnc2c1ccn2[C@@]1(O)CO[C@@H]2COP(O)(=S)O[C@@H]3[C@H](O)[C@@H](COP(=O)(S)O[C@H]21)O[C@H]3n1cnc2c(N)ncnc21. The smallest absolute Gasteiger partial charge is 0.386 e. The Bertz CT molecular complexity index is 1850. The van der Waals surface area contributed by atoms with Crippen LogP contribution < -0.4 is 11.5 Å². The Balaban J connectivity index is 1.22. The molecule has 19 nitrogen and oxygen atoms in total. The van der Waals surface area contributed by atoms with E-state index in [-0.39, 0.29) is 28.4 Å². The largest absolute Gasteiger partial charge is 0.387 e. The molecule has 3 aliphatic rings. The van der Waals surface area contributed by atoms with Crippen molar-refractivity contribution in [2.75, 3.05) is 31.3 Å². The predicted molar refractivity (Wildman–Crippen MR) is 156 cm³/mol. The van der Waals surface area contributed by atoms with Crippen LogP contribution in [0.5, 0.6) is 0 Å². The average Bonchev–Trinajstić information content (AvgIpc) is 3.73. The standard InChI is InChI=1S/C21H25N9O10P2S2/c22-16-9-1-2-30(18(9)26-6-24-16)21(32)5-35-11-4-37-41(33,43)39-14-13(31)10(3-36-42(34,44)40-15(11)21)38-20(14)29-8-28-12-17(23)25-7-27-19(12)29/h1-2,6-8,10-11,13-15,20,31-32H,3-5H2,(H,33,43)(H,34,44)(H2,22,24,26)(H2,23,25,27)/t10-,11-,13-,14-,15-,20-,21-,41?,42?/m1/s1. The molecule has 4 aromatic rings. The molecule has 0 spiro atoms. The molecule has 3 saturated heterocycles. The summed E-state index contributed by atoms with van der Waals surface area (Å²) in [4.78, 5) is 31.5. The fourth-order valence-corrected chi connectivity index (χ4v) is 8.32. The molecule has 44 heavy (non-hydrogen) atoms. The first-order valence-electron chi connectivity index (χ1n) is 12.9. The highest BCUT2D eigenvalue weighted by atomic mass is 32.7. The number of thiol groups is 1. The minimum Gasteiger partial charge on any atom is -0.387 e. The van der Waals surface area contributed by atoms with Crippen LogP contribution in [0, 0.1) is 0 Å². The van der Waals surface area contributed by atoms with Crippen LogP contribution in [0.25, 0.3) is 22.2 Å². The summed E-state index contributed by atoms with van der Waals surface area (Å²) in [5.41, 5.74) is 10.6. The summed E-state index contributed by atoms with van der Waals surface area (Å²) >= 11 is 9.40. The summed E-state index contributed by atoms with van der Waals surface area (Å²) in [6.07, 6.45) is -2.60. The molecule has 0 saturated carbocycles. The zero-order chi connectivity index (χ0) is 31.0. The van der Waals surface area contributed by atoms with Gasteiger partial charge in [-0.3, -0.25) is 22.7 Å². The van der Waals surface area contributed by atoms with Crippen LogP contribution in [0.1, 0.15) is 6.23 Å². The van der Waals surface area contributed by atoms with E-state index in [0.29, 0.717) is 5.39 Å². The quantitative estimate of drug-likeness (QED) is 0.118. The molecule has 7 heterocycles. The fourth-order valence-electron chi connectivity index (χ4n) is 5.42. The number of nitrogens with two attached hydrogens (primary N) is 2. The van der Waals surface area contributed by atoms with Crippen molar-refractivity contribution in [2.45, 2.75) is 42.5 Å².